The molecular formula is C13H17F3N2O. The number of hydrogen-bond acceptors (Lipinski definition) is 1. The Hall–Kier alpha value is -1.72. The molecule has 0 aliphatic rings. The van der Waals surface area contributed by atoms with E-state index in [4.69, 9.17) is 5.73 Å². The number of carbonyl (C=O) groups is 1. The lowest BCUT2D eigenvalue weighted by atomic mass is 10.0. The Kier molecular flexibility index (Phi) is 4.80. The van der Waals surface area contributed by atoms with Crippen molar-refractivity contribution >= 4 is 6.03 Å². The van der Waals surface area contributed by atoms with Crippen molar-refractivity contribution in [2.75, 3.05) is 6.54 Å². The molecule has 3 nitrogen and oxygen atoms in total. The van der Waals surface area contributed by atoms with Gasteiger partial charge in [-0.2, -0.15) is 13.2 Å². The lowest BCUT2D eigenvalue weighted by Crippen LogP contribution is -2.43. The van der Waals surface area contributed by atoms with E-state index in [9.17, 15) is 18.0 Å². The molecule has 0 aromatic heterocycles. The van der Waals surface area contributed by atoms with Crippen LogP contribution < -0.4 is 5.73 Å². The van der Waals surface area contributed by atoms with Crippen molar-refractivity contribution in [2.24, 2.45) is 5.73 Å². The van der Waals surface area contributed by atoms with Crippen LogP contribution in [0.1, 0.15) is 25.0 Å². The number of primary amides is 1. The molecule has 1 aromatic carbocycles. The van der Waals surface area contributed by atoms with E-state index in [0.717, 1.165) is 12.1 Å². The van der Waals surface area contributed by atoms with Crippen LogP contribution in [0.5, 0.6) is 0 Å². The third-order valence-electron chi connectivity index (χ3n) is 2.94. The quantitative estimate of drug-likeness (QED) is 0.901. The van der Waals surface area contributed by atoms with Crippen molar-refractivity contribution in [3.8, 4) is 0 Å². The molecule has 0 spiro atoms. The van der Waals surface area contributed by atoms with Crippen LogP contribution in [-0.4, -0.2) is 23.5 Å². The maximum absolute atomic E-state index is 12.6. The fourth-order valence-corrected chi connectivity index (χ4v) is 2.01. The van der Waals surface area contributed by atoms with Gasteiger partial charge in [-0.05, 0) is 31.9 Å². The highest BCUT2D eigenvalue weighted by Crippen LogP contribution is 2.29. The van der Waals surface area contributed by atoms with Crippen LogP contribution in [-0.2, 0) is 12.6 Å². The van der Waals surface area contributed by atoms with Gasteiger partial charge in [-0.15, -0.1) is 0 Å². The first-order valence-corrected chi connectivity index (χ1v) is 5.98. The molecule has 0 saturated carbocycles. The SMILES string of the molecule is CCN(C(N)=O)C(C)Cc1cccc(C(F)(F)F)c1. The minimum absolute atomic E-state index is 0.244. The molecule has 1 rings (SSSR count). The Balaban J connectivity index is 2.85. The number of nitrogens with zero attached hydrogens (tertiary/aromatic N) is 1. The highest BCUT2D eigenvalue weighted by molar-refractivity contribution is 5.72. The van der Waals surface area contributed by atoms with Gasteiger partial charge in [-0.1, -0.05) is 18.2 Å². The van der Waals surface area contributed by atoms with Gasteiger partial charge in [-0.25, -0.2) is 4.79 Å². The number of amides is 2. The van der Waals surface area contributed by atoms with Crippen LogP contribution in [0.15, 0.2) is 24.3 Å². The monoisotopic (exact) mass is 274 g/mol. The number of halogens is 3. The lowest BCUT2D eigenvalue weighted by molar-refractivity contribution is -0.137. The molecule has 2 N–H and O–H groups in total. The number of likely N-dealkylation sites (N-methyl/N-ethyl adjacent to an activating group) is 1. The van der Waals surface area contributed by atoms with Crippen LogP contribution in [0.4, 0.5) is 18.0 Å². The van der Waals surface area contributed by atoms with Gasteiger partial charge in [0.2, 0.25) is 0 Å². The second-order valence-electron chi connectivity index (χ2n) is 4.38. The lowest BCUT2D eigenvalue weighted by Gasteiger charge is -2.26. The van der Waals surface area contributed by atoms with Crippen LogP contribution in [0.2, 0.25) is 0 Å². The van der Waals surface area contributed by atoms with Crippen molar-refractivity contribution in [2.45, 2.75) is 32.5 Å². The Morgan fingerprint density at radius 1 is 1.42 bits per heavy atom. The van der Waals surface area contributed by atoms with Crippen molar-refractivity contribution in [3.05, 3.63) is 35.4 Å². The summed E-state index contributed by atoms with van der Waals surface area (Å²) in [4.78, 5) is 12.6. The van der Waals surface area contributed by atoms with E-state index >= 15 is 0 Å². The summed E-state index contributed by atoms with van der Waals surface area (Å²) in [5.74, 6) is 0. The number of carbonyl (C=O) groups excluding carboxylic acids is 1. The first-order valence-electron chi connectivity index (χ1n) is 5.98. The first-order chi connectivity index (χ1) is 8.75. The van der Waals surface area contributed by atoms with E-state index in [1.807, 2.05) is 0 Å². The summed E-state index contributed by atoms with van der Waals surface area (Å²) < 4.78 is 37.7. The van der Waals surface area contributed by atoms with Crippen LogP contribution in [0.25, 0.3) is 0 Å². The zero-order valence-electron chi connectivity index (χ0n) is 10.9. The summed E-state index contributed by atoms with van der Waals surface area (Å²) in [5.41, 5.74) is 5.06. The maximum Gasteiger partial charge on any atom is 0.416 e. The van der Waals surface area contributed by atoms with Gasteiger partial charge in [0.15, 0.2) is 0 Å². The molecule has 106 valence electrons. The van der Waals surface area contributed by atoms with Gasteiger partial charge in [0.05, 0.1) is 5.56 Å². The molecule has 6 heteroatoms. The maximum atomic E-state index is 12.6. The normalized spacial score (nSPS) is 13.1. The van der Waals surface area contributed by atoms with E-state index in [2.05, 4.69) is 0 Å². The fourth-order valence-electron chi connectivity index (χ4n) is 2.01. The molecule has 1 atom stereocenters. The van der Waals surface area contributed by atoms with E-state index < -0.39 is 17.8 Å². The Labute approximate surface area is 110 Å². The van der Waals surface area contributed by atoms with Gasteiger partial charge < -0.3 is 10.6 Å². The molecule has 2 amide bonds. The average Bonchev–Trinajstić information content (AvgIpc) is 2.28. The molecule has 0 aliphatic heterocycles. The van der Waals surface area contributed by atoms with Gasteiger partial charge in [0.25, 0.3) is 0 Å². The number of urea groups is 1. The molecule has 0 fully saturated rings. The number of hydrogen-bond donors (Lipinski definition) is 1. The number of nitrogens with two attached hydrogens (primary N) is 1. The standard InChI is InChI=1S/C13H17F3N2O/c1-3-18(12(17)19)9(2)7-10-5-4-6-11(8-10)13(14,15)16/h4-6,8-9H,3,7H2,1-2H3,(H2,17,19). The summed E-state index contributed by atoms with van der Waals surface area (Å²) in [6.07, 6.45) is -4.02. The molecule has 0 bridgehead atoms. The van der Waals surface area contributed by atoms with E-state index in [1.165, 1.54) is 11.0 Å². The molecule has 0 saturated heterocycles. The molecule has 1 aromatic rings. The molecule has 0 radical (unpaired) electrons. The van der Waals surface area contributed by atoms with Crippen molar-refractivity contribution in [1.82, 2.24) is 4.90 Å². The predicted molar refractivity (Wildman–Crippen MR) is 66.6 cm³/mol. The van der Waals surface area contributed by atoms with E-state index in [-0.39, 0.29) is 6.04 Å². The van der Waals surface area contributed by atoms with E-state index in [0.29, 0.717) is 18.5 Å². The summed E-state index contributed by atoms with van der Waals surface area (Å²) in [7, 11) is 0. The third kappa shape index (κ3) is 4.15. The second kappa shape index (κ2) is 5.95. The van der Waals surface area contributed by atoms with Crippen LogP contribution in [0.3, 0.4) is 0 Å². The van der Waals surface area contributed by atoms with Crippen molar-refractivity contribution in [1.29, 1.82) is 0 Å². The van der Waals surface area contributed by atoms with Crippen molar-refractivity contribution in [3.63, 3.8) is 0 Å². The zero-order chi connectivity index (χ0) is 14.6. The Morgan fingerprint density at radius 2 is 2.05 bits per heavy atom. The Bertz CT molecular complexity index is 446. The van der Waals surface area contributed by atoms with Crippen LogP contribution in [0, 0.1) is 0 Å². The highest BCUT2D eigenvalue weighted by atomic mass is 19.4. The first kappa shape index (κ1) is 15.3. The number of benzene rings is 1. The molecule has 0 aliphatic carbocycles. The summed E-state index contributed by atoms with van der Waals surface area (Å²) in [6.45, 7) is 3.96. The number of rotatable bonds is 4. The smallest absolute Gasteiger partial charge is 0.351 e. The topological polar surface area (TPSA) is 46.3 Å². The highest BCUT2D eigenvalue weighted by Gasteiger charge is 2.30. The minimum atomic E-state index is -4.35. The molecule has 19 heavy (non-hydrogen) atoms. The van der Waals surface area contributed by atoms with Gasteiger partial charge in [0.1, 0.15) is 0 Å². The zero-order valence-corrected chi connectivity index (χ0v) is 10.9. The summed E-state index contributed by atoms with van der Waals surface area (Å²) in [5, 5.41) is 0. The summed E-state index contributed by atoms with van der Waals surface area (Å²) >= 11 is 0. The fraction of sp³-hybridized carbons (Fsp3) is 0.462. The number of alkyl halides is 3. The second-order valence-corrected chi connectivity index (χ2v) is 4.38. The van der Waals surface area contributed by atoms with Crippen molar-refractivity contribution < 1.29 is 18.0 Å². The molecular weight excluding hydrogens is 257 g/mol. The largest absolute Gasteiger partial charge is 0.416 e. The van der Waals surface area contributed by atoms with Crippen LogP contribution >= 0.6 is 0 Å². The van der Waals surface area contributed by atoms with E-state index in [1.54, 1.807) is 19.9 Å². The molecule has 1 unspecified atom stereocenters. The predicted octanol–water partition coefficient (Wildman–Crippen LogP) is 3.04. The third-order valence-corrected chi connectivity index (χ3v) is 2.94. The minimum Gasteiger partial charge on any atom is -0.351 e. The van der Waals surface area contributed by atoms with Gasteiger partial charge >= 0.3 is 12.2 Å². The average molecular weight is 274 g/mol. The van der Waals surface area contributed by atoms with Gasteiger partial charge in [0, 0.05) is 12.6 Å². The Morgan fingerprint density at radius 3 is 2.53 bits per heavy atom. The summed E-state index contributed by atoms with van der Waals surface area (Å²) in [6, 6.07) is 4.30. The van der Waals surface area contributed by atoms with Gasteiger partial charge in [-0.3, -0.25) is 0 Å². The molecule has 0 heterocycles.